The highest BCUT2D eigenvalue weighted by molar-refractivity contribution is 6.06. The molecule has 4 rings (SSSR count). The standard InChI is InChI=1S/C17H23N5O.2ClH/c1-9-6-14(15-10(2)20-21-16(15)18-9)17(23)22(3)13-7-11-4-5-12(8-13)19-11;;/h6,11-13,19H,4-5,7-8H2,1-3H3,(H,18,20,21);2*1H. The van der Waals surface area contributed by atoms with Crippen LogP contribution < -0.4 is 5.32 Å². The van der Waals surface area contributed by atoms with Crippen LogP contribution in [-0.4, -0.2) is 51.2 Å². The van der Waals surface area contributed by atoms with E-state index in [1.54, 1.807) is 0 Å². The van der Waals surface area contributed by atoms with Gasteiger partial charge in [0.05, 0.1) is 10.9 Å². The monoisotopic (exact) mass is 385 g/mol. The second-order valence-electron chi connectivity index (χ2n) is 7.04. The zero-order chi connectivity index (χ0) is 16.1. The van der Waals surface area contributed by atoms with E-state index in [0.717, 1.165) is 29.6 Å². The molecule has 0 radical (unpaired) electrons. The molecule has 0 aliphatic carbocycles. The third kappa shape index (κ3) is 3.48. The minimum absolute atomic E-state index is 0. The van der Waals surface area contributed by atoms with Gasteiger partial charge in [0.1, 0.15) is 0 Å². The number of nitrogens with zero attached hydrogens (tertiary/aromatic N) is 3. The summed E-state index contributed by atoms with van der Waals surface area (Å²) in [5.74, 6) is 0.0799. The van der Waals surface area contributed by atoms with E-state index in [-0.39, 0.29) is 30.7 Å². The Labute approximate surface area is 160 Å². The molecule has 25 heavy (non-hydrogen) atoms. The number of aryl methyl sites for hydroxylation is 2. The van der Waals surface area contributed by atoms with Gasteiger partial charge >= 0.3 is 0 Å². The molecule has 2 aliphatic rings. The zero-order valence-corrected chi connectivity index (χ0v) is 16.3. The fraction of sp³-hybridized carbons (Fsp3) is 0.588. The molecule has 2 aliphatic heterocycles. The molecule has 1 amide bonds. The molecule has 0 aromatic carbocycles. The van der Waals surface area contributed by atoms with E-state index in [4.69, 9.17) is 0 Å². The maximum absolute atomic E-state index is 13.1. The van der Waals surface area contributed by atoms with Crippen molar-refractivity contribution < 1.29 is 4.79 Å². The smallest absolute Gasteiger partial charge is 0.254 e. The molecule has 2 bridgehead atoms. The number of halogens is 2. The van der Waals surface area contributed by atoms with Crippen LogP contribution in [0.2, 0.25) is 0 Å². The Balaban J connectivity index is 0.00000113. The van der Waals surface area contributed by atoms with Gasteiger partial charge in [-0.2, -0.15) is 5.10 Å². The first-order valence-corrected chi connectivity index (χ1v) is 8.38. The average Bonchev–Trinajstić information content (AvgIpc) is 3.07. The molecule has 0 spiro atoms. The van der Waals surface area contributed by atoms with Gasteiger partial charge in [0.15, 0.2) is 5.65 Å². The van der Waals surface area contributed by atoms with E-state index in [9.17, 15) is 4.79 Å². The van der Waals surface area contributed by atoms with Crippen molar-refractivity contribution in [2.24, 2.45) is 0 Å². The Morgan fingerprint density at radius 3 is 2.48 bits per heavy atom. The van der Waals surface area contributed by atoms with Crippen molar-refractivity contribution >= 4 is 41.8 Å². The number of piperidine rings is 1. The molecule has 0 saturated carbocycles. The lowest BCUT2D eigenvalue weighted by Gasteiger charge is -2.35. The largest absolute Gasteiger partial charge is 0.339 e. The molecule has 8 heteroatoms. The van der Waals surface area contributed by atoms with Gasteiger partial charge in [0.25, 0.3) is 5.91 Å². The summed E-state index contributed by atoms with van der Waals surface area (Å²) in [5, 5.41) is 11.6. The van der Waals surface area contributed by atoms with Crippen molar-refractivity contribution in [3.05, 3.63) is 23.0 Å². The number of nitrogens with one attached hydrogen (secondary N) is 2. The van der Waals surface area contributed by atoms with Gasteiger partial charge in [-0.1, -0.05) is 0 Å². The molecule has 2 aromatic rings. The summed E-state index contributed by atoms with van der Waals surface area (Å²) in [4.78, 5) is 19.5. The highest BCUT2D eigenvalue weighted by Crippen LogP contribution is 2.30. The van der Waals surface area contributed by atoms with Gasteiger partial charge in [-0.15, -0.1) is 24.8 Å². The minimum atomic E-state index is 0. The fourth-order valence-corrected chi connectivity index (χ4v) is 4.17. The first kappa shape index (κ1) is 19.9. The fourth-order valence-electron chi connectivity index (χ4n) is 4.17. The minimum Gasteiger partial charge on any atom is -0.339 e. The Kier molecular flexibility index (Phi) is 5.97. The number of rotatable bonds is 2. The second-order valence-corrected chi connectivity index (χ2v) is 7.04. The second kappa shape index (κ2) is 7.48. The van der Waals surface area contributed by atoms with Gasteiger partial charge in [-0.3, -0.25) is 9.89 Å². The molecule has 2 N–H and O–H groups in total. The highest BCUT2D eigenvalue weighted by atomic mass is 35.5. The number of hydrogen-bond acceptors (Lipinski definition) is 4. The predicted octanol–water partition coefficient (Wildman–Crippen LogP) is 2.77. The predicted molar refractivity (Wildman–Crippen MR) is 103 cm³/mol. The van der Waals surface area contributed by atoms with Gasteiger partial charge in [-0.25, -0.2) is 4.98 Å². The van der Waals surface area contributed by atoms with E-state index < -0.39 is 0 Å². The number of amides is 1. The van der Waals surface area contributed by atoms with Gasteiger partial charge in [-0.05, 0) is 45.6 Å². The van der Waals surface area contributed by atoms with Crippen molar-refractivity contribution in [3.8, 4) is 0 Å². The van der Waals surface area contributed by atoms with Crippen LogP contribution >= 0.6 is 24.8 Å². The van der Waals surface area contributed by atoms with Crippen molar-refractivity contribution in [2.75, 3.05) is 7.05 Å². The van der Waals surface area contributed by atoms with E-state index in [0.29, 0.717) is 29.3 Å². The summed E-state index contributed by atoms with van der Waals surface area (Å²) in [7, 11) is 1.94. The van der Waals surface area contributed by atoms with Crippen LogP contribution in [-0.2, 0) is 0 Å². The van der Waals surface area contributed by atoms with Crippen LogP contribution in [0.15, 0.2) is 6.07 Å². The molecule has 4 heterocycles. The van der Waals surface area contributed by atoms with Crippen LogP contribution in [0.1, 0.15) is 47.4 Å². The average molecular weight is 386 g/mol. The van der Waals surface area contributed by atoms with Crippen molar-refractivity contribution in [3.63, 3.8) is 0 Å². The quantitative estimate of drug-likeness (QED) is 0.833. The van der Waals surface area contributed by atoms with E-state index in [2.05, 4.69) is 20.5 Å². The lowest BCUT2D eigenvalue weighted by atomic mass is 9.97. The van der Waals surface area contributed by atoms with Crippen LogP contribution in [0.3, 0.4) is 0 Å². The number of hydrogen-bond donors (Lipinski definition) is 2. The zero-order valence-electron chi connectivity index (χ0n) is 14.7. The van der Waals surface area contributed by atoms with Crippen LogP contribution in [0.5, 0.6) is 0 Å². The molecule has 138 valence electrons. The number of fused-ring (bicyclic) bond motifs is 3. The lowest BCUT2D eigenvalue weighted by Crippen LogP contribution is -2.48. The Morgan fingerprint density at radius 2 is 1.84 bits per heavy atom. The number of H-pyrrole nitrogens is 1. The van der Waals surface area contributed by atoms with Crippen LogP contribution in [0.25, 0.3) is 11.0 Å². The van der Waals surface area contributed by atoms with Gasteiger partial charge in [0, 0.05) is 36.6 Å². The summed E-state index contributed by atoms with van der Waals surface area (Å²) in [6.45, 7) is 3.85. The van der Waals surface area contributed by atoms with Crippen molar-refractivity contribution in [1.29, 1.82) is 0 Å². The number of carbonyl (C=O) groups is 1. The molecular formula is C17H25Cl2N5O. The third-order valence-corrected chi connectivity index (χ3v) is 5.38. The van der Waals surface area contributed by atoms with Crippen LogP contribution in [0, 0.1) is 13.8 Å². The lowest BCUT2D eigenvalue weighted by molar-refractivity contribution is 0.0683. The first-order valence-electron chi connectivity index (χ1n) is 8.38. The van der Waals surface area contributed by atoms with Crippen LogP contribution in [0.4, 0.5) is 0 Å². The SMILES string of the molecule is Cc1cc(C(=O)N(C)C2CC3CCC(C2)N3)c2c(C)[nH]nc2n1.Cl.Cl. The number of carbonyl (C=O) groups excluding carboxylic acids is 1. The van der Waals surface area contributed by atoms with Crippen molar-refractivity contribution in [1.82, 2.24) is 25.4 Å². The molecule has 6 nitrogen and oxygen atoms in total. The summed E-state index contributed by atoms with van der Waals surface area (Å²) in [6, 6.07) is 3.35. The summed E-state index contributed by atoms with van der Waals surface area (Å²) < 4.78 is 0. The molecule has 2 atom stereocenters. The Morgan fingerprint density at radius 1 is 1.20 bits per heavy atom. The van der Waals surface area contributed by atoms with Gasteiger partial charge in [0.2, 0.25) is 0 Å². The van der Waals surface area contributed by atoms with Crippen molar-refractivity contribution in [2.45, 2.75) is 57.7 Å². The molecule has 2 aromatic heterocycles. The normalized spacial score (nSPS) is 24.5. The first-order chi connectivity index (χ1) is 11.0. The van der Waals surface area contributed by atoms with E-state index in [1.165, 1.54) is 12.8 Å². The van der Waals surface area contributed by atoms with E-state index >= 15 is 0 Å². The molecule has 2 fully saturated rings. The van der Waals surface area contributed by atoms with Gasteiger partial charge < -0.3 is 10.2 Å². The van der Waals surface area contributed by atoms with E-state index in [1.807, 2.05) is 31.9 Å². The number of aromatic nitrogens is 3. The Bertz CT molecular complexity index is 766. The summed E-state index contributed by atoms with van der Waals surface area (Å²) in [6.07, 6.45) is 4.58. The number of pyridine rings is 1. The molecular weight excluding hydrogens is 361 g/mol. The third-order valence-electron chi connectivity index (χ3n) is 5.38. The highest BCUT2D eigenvalue weighted by Gasteiger charge is 2.37. The number of aromatic amines is 1. The summed E-state index contributed by atoms with van der Waals surface area (Å²) in [5.41, 5.74) is 3.07. The maximum Gasteiger partial charge on any atom is 0.254 e. The Hall–Kier alpha value is -1.37. The summed E-state index contributed by atoms with van der Waals surface area (Å²) >= 11 is 0. The molecule has 2 unspecified atom stereocenters. The maximum atomic E-state index is 13.1. The molecule has 2 saturated heterocycles. The topological polar surface area (TPSA) is 73.9 Å².